The molecule has 152 valence electrons. The van der Waals surface area contributed by atoms with Crippen LogP contribution in [0.2, 0.25) is 0 Å². The fraction of sp³-hybridized carbons (Fsp3) is 0.500. The molecule has 0 aliphatic carbocycles. The molecule has 0 saturated carbocycles. The van der Waals surface area contributed by atoms with Gasteiger partial charge in [0.1, 0.15) is 16.8 Å². The number of ether oxygens (including phenoxy) is 1. The van der Waals surface area contributed by atoms with E-state index in [1.165, 1.54) is 11.3 Å². The molecular weight excluding hydrogens is 376 g/mol. The molecule has 0 aliphatic heterocycles. The van der Waals surface area contributed by atoms with Gasteiger partial charge < -0.3 is 10.1 Å². The van der Waals surface area contributed by atoms with Gasteiger partial charge in [-0.05, 0) is 36.1 Å². The zero-order valence-electron chi connectivity index (χ0n) is 17.0. The number of nitrogens with zero attached hydrogens (tertiary/aromatic N) is 2. The number of nitrogens with one attached hydrogen (secondary N) is 2. The Labute approximate surface area is 169 Å². The Morgan fingerprint density at radius 2 is 1.82 bits per heavy atom. The Balaban J connectivity index is 2.08. The van der Waals surface area contributed by atoms with Crippen molar-refractivity contribution >= 4 is 28.3 Å². The maximum absolute atomic E-state index is 12.8. The lowest BCUT2D eigenvalue weighted by Gasteiger charge is -2.23. The van der Waals surface area contributed by atoms with Crippen LogP contribution < -0.4 is 15.4 Å². The standard InChI is InChI=1S/C20H28N4O3S/c1-6-13(4)17(21-16(25)11-12(2)3)18(26)22-20-24-23-19(28-20)14-7-9-15(27-5)10-8-14/h7-10,12-13,17H,6,11H2,1-5H3,(H,21,25)(H,22,24,26)/t13-,17-/m1/s1. The van der Waals surface area contributed by atoms with Crippen LogP contribution in [0.15, 0.2) is 24.3 Å². The van der Waals surface area contributed by atoms with Gasteiger partial charge in [0.2, 0.25) is 16.9 Å². The highest BCUT2D eigenvalue weighted by Crippen LogP contribution is 2.28. The molecule has 0 aliphatic rings. The third-order valence-electron chi connectivity index (χ3n) is 4.40. The van der Waals surface area contributed by atoms with Crippen LogP contribution in [-0.2, 0) is 9.59 Å². The number of aromatic nitrogens is 2. The summed E-state index contributed by atoms with van der Waals surface area (Å²) in [7, 11) is 1.61. The molecule has 1 aromatic carbocycles. The van der Waals surface area contributed by atoms with Crippen LogP contribution in [0.5, 0.6) is 5.75 Å². The molecule has 7 nitrogen and oxygen atoms in total. The zero-order valence-corrected chi connectivity index (χ0v) is 17.8. The highest BCUT2D eigenvalue weighted by molar-refractivity contribution is 7.18. The van der Waals surface area contributed by atoms with E-state index in [0.717, 1.165) is 17.7 Å². The van der Waals surface area contributed by atoms with E-state index in [1.807, 2.05) is 52.0 Å². The number of hydrogen-bond donors (Lipinski definition) is 2. The van der Waals surface area contributed by atoms with E-state index in [9.17, 15) is 9.59 Å². The van der Waals surface area contributed by atoms with Crippen LogP contribution in [0.25, 0.3) is 10.6 Å². The third-order valence-corrected chi connectivity index (χ3v) is 5.29. The molecule has 0 fully saturated rings. The molecule has 2 amide bonds. The number of hydrogen-bond acceptors (Lipinski definition) is 6. The molecule has 8 heteroatoms. The lowest BCUT2D eigenvalue weighted by molar-refractivity contribution is -0.128. The minimum atomic E-state index is -0.607. The quantitative estimate of drug-likeness (QED) is 0.664. The van der Waals surface area contributed by atoms with Crippen LogP contribution in [0, 0.1) is 11.8 Å². The third kappa shape index (κ3) is 6.02. The molecule has 0 spiro atoms. The molecule has 2 N–H and O–H groups in total. The number of methoxy groups -OCH3 is 1. The fourth-order valence-corrected chi connectivity index (χ4v) is 3.36. The predicted molar refractivity (Wildman–Crippen MR) is 111 cm³/mol. The van der Waals surface area contributed by atoms with Gasteiger partial charge in [-0.25, -0.2) is 0 Å². The molecule has 0 unspecified atom stereocenters. The van der Waals surface area contributed by atoms with Crippen LogP contribution >= 0.6 is 11.3 Å². The Morgan fingerprint density at radius 1 is 1.14 bits per heavy atom. The number of anilines is 1. The van der Waals surface area contributed by atoms with Crippen molar-refractivity contribution in [2.45, 2.75) is 46.6 Å². The summed E-state index contributed by atoms with van der Waals surface area (Å²) in [5.41, 5.74) is 0.891. The number of amides is 2. The normalized spacial score (nSPS) is 13.1. The second-order valence-corrected chi connectivity index (χ2v) is 8.14. The van der Waals surface area contributed by atoms with E-state index in [4.69, 9.17) is 4.74 Å². The van der Waals surface area contributed by atoms with E-state index >= 15 is 0 Å². The van der Waals surface area contributed by atoms with Crippen molar-refractivity contribution in [1.29, 1.82) is 0 Å². The summed E-state index contributed by atoms with van der Waals surface area (Å²) in [6.45, 7) is 7.88. The van der Waals surface area contributed by atoms with Crippen molar-refractivity contribution in [3.8, 4) is 16.3 Å². The van der Waals surface area contributed by atoms with Crippen LogP contribution in [0.4, 0.5) is 5.13 Å². The largest absolute Gasteiger partial charge is 0.497 e. The first-order valence-corrected chi connectivity index (χ1v) is 10.2. The molecule has 2 rings (SSSR count). The lowest BCUT2D eigenvalue weighted by Crippen LogP contribution is -2.47. The molecular formula is C20H28N4O3S. The Kier molecular flexibility index (Phi) is 7.92. The SMILES string of the molecule is CC[C@@H](C)[C@@H](NC(=O)CC(C)C)C(=O)Nc1nnc(-c2ccc(OC)cc2)s1. The molecule has 0 radical (unpaired) electrons. The van der Waals surface area contributed by atoms with Gasteiger partial charge in [-0.3, -0.25) is 14.9 Å². The highest BCUT2D eigenvalue weighted by atomic mass is 32.1. The summed E-state index contributed by atoms with van der Waals surface area (Å²) in [6.07, 6.45) is 1.16. The number of rotatable bonds is 9. The molecule has 0 bridgehead atoms. The van der Waals surface area contributed by atoms with Gasteiger partial charge in [0.25, 0.3) is 0 Å². The first kappa shape index (κ1) is 21.8. The first-order chi connectivity index (χ1) is 13.3. The summed E-state index contributed by atoms with van der Waals surface area (Å²) >= 11 is 1.29. The van der Waals surface area contributed by atoms with Crippen LogP contribution in [0.3, 0.4) is 0 Å². The molecule has 0 saturated heterocycles. The van der Waals surface area contributed by atoms with E-state index in [2.05, 4.69) is 20.8 Å². The van der Waals surface area contributed by atoms with Crippen molar-refractivity contribution in [3.63, 3.8) is 0 Å². The van der Waals surface area contributed by atoms with Gasteiger partial charge in [-0.15, -0.1) is 10.2 Å². The summed E-state index contributed by atoms with van der Waals surface area (Å²) in [4.78, 5) is 24.9. The average Bonchev–Trinajstić information content (AvgIpc) is 3.13. The van der Waals surface area contributed by atoms with Gasteiger partial charge in [-0.1, -0.05) is 45.5 Å². The summed E-state index contributed by atoms with van der Waals surface area (Å²) in [5.74, 6) is 0.604. The topological polar surface area (TPSA) is 93.2 Å². The van der Waals surface area contributed by atoms with Crippen molar-refractivity contribution in [2.24, 2.45) is 11.8 Å². The molecule has 2 aromatic rings. The maximum atomic E-state index is 12.8. The van der Waals surface area contributed by atoms with Crippen LogP contribution in [0.1, 0.15) is 40.5 Å². The fourth-order valence-electron chi connectivity index (χ4n) is 2.61. The summed E-state index contributed by atoms with van der Waals surface area (Å²) in [6, 6.07) is 6.86. The average molecular weight is 405 g/mol. The van der Waals surface area contributed by atoms with Crippen molar-refractivity contribution in [2.75, 3.05) is 12.4 Å². The van der Waals surface area contributed by atoms with E-state index in [1.54, 1.807) is 7.11 Å². The van der Waals surface area contributed by atoms with Gasteiger partial charge >= 0.3 is 0 Å². The monoisotopic (exact) mass is 404 g/mol. The first-order valence-electron chi connectivity index (χ1n) is 9.42. The number of carbonyl (C=O) groups excluding carboxylic acids is 2. The van der Waals surface area contributed by atoms with Gasteiger partial charge in [0, 0.05) is 12.0 Å². The van der Waals surface area contributed by atoms with E-state index in [-0.39, 0.29) is 23.7 Å². The van der Waals surface area contributed by atoms with Crippen molar-refractivity contribution in [3.05, 3.63) is 24.3 Å². The second-order valence-electron chi connectivity index (χ2n) is 7.16. The van der Waals surface area contributed by atoms with E-state index in [0.29, 0.717) is 16.6 Å². The van der Waals surface area contributed by atoms with Crippen LogP contribution in [-0.4, -0.2) is 35.2 Å². The minimum absolute atomic E-state index is 0.00472. The summed E-state index contributed by atoms with van der Waals surface area (Å²) < 4.78 is 5.15. The van der Waals surface area contributed by atoms with Gasteiger partial charge in [0.05, 0.1) is 7.11 Å². The minimum Gasteiger partial charge on any atom is -0.497 e. The van der Waals surface area contributed by atoms with Crippen molar-refractivity contribution in [1.82, 2.24) is 15.5 Å². The smallest absolute Gasteiger partial charge is 0.249 e. The second kappa shape index (κ2) is 10.2. The number of benzene rings is 1. The Morgan fingerprint density at radius 3 is 2.39 bits per heavy atom. The highest BCUT2D eigenvalue weighted by Gasteiger charge is 2.27. The van der Waals surface area contributed by atoms with Crippen molar-refractivity contribution < 1.29 is 14.3 Å². The molecule has 1 aromatic heterocycles. The Hall–Kier alpha value is -2.48. The maximum Gasteiger partial charge on any atom is 0.249 e. The summed E-state index contributed by atoms with van der Waals surface area (Å²) in [5, 5.41) is 15.0. The lowest BCUT2D eigenvalue weighted by atomic mass is 9.97. The number of carbonyl (C=O) groups is 2. The Bertz CT molecular complexity index is 789. The molecule has 28 heavy (non-hydrogen) atoms. The van der Waals surface area contributed by atoms with Gasteiger partial charge in [-0.2, -0.15) is 0 Å². The predicted octanol–water partition coefficient (Wildman–Crippen LogP) is 3.73. The zero-order chi connectivity index (χ0) is 20.7. The van der Waals surface area contributed by atoms with Gasteiger partial charge in [0.15, 0.2) is 0 Å². The molecule has 2 atom stereocenters. The van der Waals surface area contributed by atoms with E-state index < -0.39 is 6.04 Å². The molecule has 1 heterocycles.